The van der Waals surface area contributed by atoms with Crippen LogP contribution in [0, 0.1) is 5.92 Å². The monoisotopic (exact) mass is 262 g/mol. The average Bonchev–Trinajstić information content (AvgIpc) is 2.30. The van der Waals surface area contributed by atoms with Crippen LogP contribution in [0.1, 0.15) is 46.0 Å². The van der Waals surface area contributed by atoms with E-state index in [2.05, 4.69) is 6.92 Å². The Morgan fingerprint density at radius 1 is 1.35 bits per heavy atom. The van der Waals surface area contributed by atoms with Crippen LogP contribution in [0.25, 0.3) is 0 Å². The summed E-state index contributed by atoms with van der Waals surface area (Å²) in [6.45, 7) is 4.55. The Kier molecular flexibility index (Phi) is 4.98. The predicted octanol–water partition coefficient (Wildman–Crippen LogP) is 1.57. The van der Waals surface area contributed by atoms with Gasteiger partial charge >= 0.3 is 0 Å². The molecule has 0 bridgehead atoms. The van der Waals surface area contributed by atoms with E-state index in [1.807, 2.05) is 6.92 Å². The number of likely N-dealkylation sites (N-methyl/N-ethyl adjacent to an activating group) is 1. The Bertz CT molecular complexity index is 332. The van der Waals surface area contributed by atoms with Crippen LogP contribution in [0.3, 0.4) is 0 Å². The van der Waals surface area contributed by atoms with Crippen molar-refractivity contribution in [2.45, 2.75) is 51.5 Å². The minimum Gasteiger partial charge on any atom is -0.329 e. The lowest BCUT2D eigenvalue weighted by Crippen LogP contribution is -2.56. The molecule has 1 aliphatic carbocycles. The summed E-state index contributed by atoms with van der Waals surface area (Å²) in [7, 11) is -1.44. The fraction of sp³-hybridized carbons (Fsp3) is 1.00. The van der Waals surface area contributed by atoms with E-state index in [4.69, 9.17) is 5.73 Å². The lowest BCUT2D eigenvalue weighted by molar-refractivity contribution is 0.135. The fourth-order valence-corrected chi connectivity index (χ4v) is 4.27. The lowest BCUT2D eigenvalue weighted by Gasteiger charge is -2.44. The van der Waals surface area contributed by atoms with E-state index in [1.165, 1.54) is 0 Å². The first-order valence-corrected chi connectivity index (χ1v) is 8.15. The van der Waals surface area contributed by atoms with E-state index in [0.29, 0.717) is 18.9 Å². The molecule has 0 amide bonds. The molecule has 4 nitrogen and oxygen atoms in total. The third-order valence-electron chi connectivity index (χ3n) is 4.13. The Hall–Kier alpha value is -0.130. The molecule has 0 atom stereocenters. The highest BCUT2D eigenvalue weighted by Gasteiger charge is 2.41. The second kappa shape index (κ2) is 5.67. The van der Waals surface area contributed by atoms with Crippen LogP contribution in [-0.4, -0.2) is 37.6 Å². The number of nitrogens with two attached hydrogens (primary N) is 1. The Morgan fingerprint density at radius 3 is 2.29 bits per heavy atom. The summed E-state index contributed by atoms with van der Waals surface area (Å²) in [5, 5.41) is 0. The molecule has 0 saturated heterocycles. The van der Waals surface area contributed by atoms with Crippen molar-refractivity contribution >= 4 is 10.0 Å². The van der Waals surface area contributed by atoms with Gasteiger partial charge in [0, 0.05) is 19.1 Å². The molecule has 102 valence electrons. The molecule has 0 aromatic rings. The van der Waals surface area contributed by atoms with E-state index in [1.54, 1.807) is 11.4 Å². The highest BCUT2D eigenvalue weighted by molar-refractivity contribution is 7.89. The third-order valence-corrected chi connectivity index (χ3v) is 6.28. The molecule has 1 fully saturated rings. The van der Waals surface area contributed by atoms with Crippen molar-refractivity contribution in [3.05, 3.63) is 0 Å². The van der Waals surface area contributed by atoms with E-state index in [-0.39, 0.29) is 11.3 Å². The zero-order chi connectivity index (χ0) is 13.1. The van der Waals surface area contributed by atoms with Crippen molar-refractivity contribution in [3.8, 4) is 0 Å². The molecule has 2 N–H and O–H groups in total. The third kappa shape index (κ3) is 3.20. The molecular weight excluding hydrogens is 236 g/mol. The van der Waals surface area contributed by atoms with Crippen molar-refractivity contribution in [2.24, 2.45) is 11.7 Å². The summed E-state index contributed by atoms with van der Waals surface area (Å²) in [6.07, 6.45) is 4.59. The van der Waals surface area contributed by atoms with Crippen molar-refractivity contribution < 1.29 is 8.42 Å². The molecular formula is C12H26N2O2S. The zero-order valence-electron chi connectivity index (χ0n) is 11.3. The second-order valence-corrected chi connectivity index (χ2v) is 7.51. The van der Waals surface area contributed by atoms with Gasteiger partial charge in [0.15, 0.2) is 0 Å². The van der Waals surface area contributed by atoms with Gasteiger partial charge in [-0.1, -0.05) is 13.8 Å². The zero-order valence-corrected chi connectivity index (χ0v) is 12.1. The Balaban J connectivity index is 2.87. The van der Waals surface area contributed by atoms with Crippen molar-refractivity contribution in [2.75, 3.05) is 19.3 Å². The molecule has 0 radical (unpaired) electrons. The minimum absolute atomic E-state index is 0.223. The first-order valence-electron chi connectivity index (χ1n) is 6.55. The van der Waals surface area contributed by atoms with Gasteiger partial charge in [0.2, 0.25) is 10.0 Å². The predicted molar refractivity (Wildman–Crippen MR) is 71.3 cm³/mol. The minimum atomic E-state index is -3.14. The molecule has 0 unspecified atom stereocenters. The van der Waals surface area contributed by atoms with E-state index >= 15 is 0 Å². The molecule has 1 saturated carbocycles. The first kappa shape index (κ1) is 14.9. The van der Waals surface area contributed by atoms with Gasteiger partial charge in [-0.15, -0.1) is 0 Å². The van der Waals surface area contributed by atoms with Gasteiger partial charge in [-0.25, -0.2) is 8.42 Å². The van der Waals surface area contributed by atoms with Gasteiger partial charge in [-0.2, -0.15) is 4.31 Å². The SMILES string of the molecule is CCCS(=O)(=O)N(C)C1(CN)CCC(C)CC1. The molecule has 1 aliphatic rings. The van der Waals surface area contributed by atoms with Crippen LogP contribution >= 0.6 is 0 Å². The van der Waals surface area contributed by atoms with Gasteiger partial charge in [-0.3, -0.25) is 0 Å². The summed E-state index contributed by atoms with van der Waals surface area (Å²) in [5.41, 5.74) is 5.54. The summed E-state index contributed by atoms with van der Waals surface area (Å²) in [4.78, 5) is 0. The van der Waals surface area contributed by atoms with Crippen LogP contribution < -0.4 is 5.73 Å². The smallest absolute Gasteiger partial charge is 0.214 e. The second-order valence-electron chi connectivity index (χ2n) is 5.39. The summed E-state index contributed by atoms with van der Waals surface area (Å²) < 4.78 is 25.9. The fourth-order valence-electron chi connectivity index (χ4n) is 2.64. The molecule has 0 heterocycles. The largest absolute Gasteiger partial charge is 0.329 e. The van der Waals surface area contributed by atoms with Crippen molar-refractivity contribution in [1.82, 2.24) is 4.31 Å². The number of hydrogen-bond donors (Lipinski definition) is 1. The van der Waals surface area contributed by atoms with E-state index in [0.717, 1.165) is 25.7 Å². The highest BCUT2D eigenvalue weighted by atomic mass is 32.2. The number of sulfonamides is 1. The number of nitrogens with zero attached hydrogens (tertiary/aromatic N) is 1. The highest BCUT2D eigenvalue weighted by Crippen LogP contribution is 2.36. The van der Waals surface area contributed by atoms with Crippen LogP contribution in [0.15, 0.2) is 0 Å². The Morgan fingerprint density at radius 2 is 1.88 bits per heavy atom. The summed E-state index contributed by atoms with van der Waals surface area (Å²) >= 11 is 0. The standard InChI is InChI=1S/C12H26N2O2S/c1-4-9-17(15,16)14(3)12(10-13)7-5-11(2)6-8-12/h11H,4-10,13H2,1-3H3. The molecule has 0 aromatic carbocycles. The van der Waals surface area contributed by atoms with Gasteiger partial charge in [-0.05, 0) is 38.0 Å². The van der Waals surface area contributed by atoms with Gasteiger partial charge < -0.3 is 5.73 Å². The molecule has 0 spiro atoms. The molecule has 0 aliphatic heterocycles. The summed E-state index contributed by atoms with van der Waals surface area (Å²) in [5.74, 6) is 0.915. The molecule has 0 aromatic heterocycles. The Labute approximate surface area is 106 Å². The van der Waals surface area contributed by atoms with Crippen molar-refractivity contribution in [3.63, 3.8) is 0 Å². The van der Waals surface area contributed by atoms with Gasteiger partial charge in [0.1, 0.15) is 0 Å². The van der Waals surface area contributed by atoms with E-state index in [9.17, 15) is 8.42 Å². The van der Waals surface area contributed by atoms with Gasteiger partial charge in [0.05, 0.1) is 5.75 Å². The van der Waals surface area contributed by atoms with Crippen molar-refractivity contribution in [1.29, 1.82) is 0 Å². The summed E-state index contributed by atoms with van der Waals surface area (Å²) in [6, 6.07) is 0. The number of hydrogen-bond acceptors (Lipinski definition) is 3. The van der Waals surface area contributed by atoms with Crippen LogP contribution in [0.4, 0.5) is 0 Å². The lowest BCUT2D eigenvalue weighted by atomic mass is 9.77. The van der Waals surface area contributed by atoms with Crippen LogP contribution in [-0.2, 0) is 10.0 Å². The van der Waals surface area contributed by atoms with Crippen LogP contribution in [0.5, 0.6) is 0 Å². The normalized spacial score (nSPS) is 30.8. The topological polar surface area (TPSA) is 63.4 Å². The maximum atomic E-state index is 12.1. The quantitative estimate of drug-likeness (QED) is 0.818. The maximum Gasteiger partial charge on any atom is 0.214 e. The molecule has 17 heavy (non-hydrogen) atoms. The average molecular weight is 262 g/mol. The van der Waals surface area contributed by atoms with Gasteiger partial charge in [0.25, 0.3) is 0 Å². The molecule has 1 rings (SSSR count). The van der Waals surface area contributed by atoms with Crippen LogP contribution in [0.2, 0.25) is 0 Å². The first-order chi connectivity index (χ1) is 7.88. The number of rotatable bonds is 5. The molecule has 5 heteroatoms. The van der Waals surface area contributed by atoms with E-state index < -0.39 is 10.0 Å². The maximum absolute atomic E-state index is 12.1.